The monoisotopic (exact) mass is 369 g/mol. The van der Waals surface area contributed by atoms with Crippen LogP contribution in [0, 0.1) is 0 Å². The van der Waals surface area contributed by atoms with Crippen LogP contribution < -0.4 is 24.3 Å². The van der Waals surface area contributed by atoms with E-state index in [2.05, 4.69) is 5.32 Å². The first-order chi connectivity index (χ1) is 13.1. The lowest BCUT2D eigenvalue weighted by Crippen LogP contribution is -2.36. The highest BCUT2D eigenvalue weighted by atomic mass is 16.6. The summed E-state index contributed by atoms with van der Waals surface area (Å²) in [4.78, 5) is 12.6. The summed E-state index contributed by atoms with van der Waals surface area (Å²) >= 11 is 0. The van der Waals surface area contributed by atoms with Crippen LogP contribution in [0.5, 0.6) is 23.0 Å². The van der Waals surface area contributed by atoms with Crippen LogP contribution in [-0.4, -0.2) is 33.3 Å². The van der Waals surface area contributed by atoms with Crippen molar-refractivity contribution < 1.29 is 23.7 Å². The number of carbonyl (C=O) groups is 1. The minimum Gasteiger partial charge on any atom is -0.493 e. The van der Waals surface area contributed by atoms with Gasteiger partial charge in [0, 0.05) is 0 Å². The molecule has 2 aliphatic rings. The van der Waals surface area contributed by atoms with Crippen LogP contribution in [0.1, 0.15) is 24.0 Å². The van der Waals surface area contributed by atoms with E-state index in [1.807, 2.05) is 36.4 Å². The molecule has 1 aliphatic heterocycles. The van der Waals surface area contributed by atoms with Gasteiger partial charge in [-0.3, -0.25) is 4.79 Å². The van der Waals surface area contributed by atoms with Gasteiger partial charge in [-0.15, -0.1) is 0 Å². The van der Waals surface area contributed by atoms with E-state index in [1.54, 1.807) is 14.2 Å². The number of rotatable bonds is 6. The van der Waals surface area contributed by atoms with Gasteiger partial charge in [-0.1, -0.05) is 12.1 Å². The second-order valence-electron chi connectivity index (χ2n) is 6.85. The molecule has 2 aromatic rings. The van der Waals surface area contributed by atoms with E-state index in [1.165, 1.54) is 0 Å². The molecule has 0 atom stereocenters. The average Bonchev–Trinajstić information content (AvgIpc) is 3.47. The van der Waals surface area contributed by atoms with E-state index < -0.39 is 0 Å². The minimum absolute atomic E-state index is 0.0189. The van der Waals surface area contributed by atoms with E-state index >= 15 is 0 Å². The van der Waals surface area contributed by atoms with Gasteiger partial charge in [0.1, 0.15) is 13.2 Å². The van der Waals surface area contributed by atoms with Crippen molar-refractivity contribution in [1.82, 2.24) is 5.32 Å². The Morgan fingerprint density at radius 1 is 1.00 bits per heavy atom. The molecule has 0 aromatic heterocycles. The number of hydrogen-bond donors (Lipinski definition) is 1. The fourth-order valence-electron chi connectivity index (χ4n) is 3.44. The van der Waals surface area contributed by atoms with E-state index in [4.69, 9.17) is 18.9 Å². The number of nitrogens with one attached hydrogen (secondary N) is 1. The zero-order valence-corrected chi connectivity index (χ0v) is 15.5. The van der Waals surface area contributed by atoms with Gasteiger partial charge in [0.05, 0.1) is 26.2 Å². The Bertz CT molecular complexity index is 860. The topological polar surface area (TPSA) is 66.0 Å². The molecule has 0 radical (unpaired) electrons. The Balaban J connectivity index is 1.46. The molecule has 0 unspecified atom stereocenters. The summed E-state index contributed by atoms with van der Waals surface area (Å²) < 4.78 is 21.8. The molecule has 1 N–H and O–H groups in total. The predicted molar refractivity (Wildman–Crippen MR) is 99.7 cm³/mol. The van der Waals surface area contributed by atoms with E-state index in [0.717, 1.165) is 35.5 Å². The first kappa shape index (κ1) is 17.5. The van der Waals surface area contributed by atoms with Gasteiger partial charge < -0.3 is 24.3 Å². The summed E-state index contributed by atoms with van der Waals surface area (Å²) in [5, 5.41) is 3.20. The van der Waals surface area contributed by atoms with Gasteiger partial charge in [0.2, 0.25) is 5.91 Å². The molecule has 1 aliphatic carbocycles. The predicted octanol–water partition coefficient (Wildman–Crippen LogP) is 2.82. The number of carbonyl (C=O) groups excluding carboxylic acids is 1. The van der Waals surface area contributed by atoms with Gasteiger partial charge in [0.25, 0.3) is 0 Å². The lowest BCUT2D eigenvalue weighted by Gasteiger charge is -2.23. The van der Waals surface area contributed by atoms with Gasteiger partial charge in [-0.2, -0.15) is 0 Å². The smallest absolute Gasteiger partial charge is 0.225 e. The maximum absolute atomic E-state index is 12.6. The van der Waals surface area contributed by atoms with Crippen molar-refractivity contribution in [2.45, 2.75) is 24.8 Å². The van der Waals surface area contributed by atoms with Crippen LogP contribution >= 0.6 is 0 Å². The number of fused-ring (bicyclic) bond motifs is 1. The van der Waals surface area contributed by atoms with Crippen molar-refractivity contribution in [3.05, 3.63) is 47.5 Å². The number of amides is 1. The van der Waals surface area contributed by atoms with Gasteiger partial charge in [0.15, 0.2) is 23.0 Å². The molecule has 0 saturated heterocycles. The Labute approximate surface area is 158 Å². The SMILES string of the molecule is COc1ccc(CC(=O)NC2(c3ccc4c(c3)OCCO4)CC2)cc1OC. The quantitative estimate of drug-likeness (QED) is 0.848. The highest BCUT2D eigenvalue weighted by Gasteiger charge is 2.46. The molecule has 6 nitrogen and oxygen atoms in total. The Morgan fingerprint density at radius 2 is 1.74 bits per heavy atom. The van der Waals surface area contributed by atoms with Crippen LogP contribution in [0.2, 0.25) is 0 Å². The minimum atomic E-state index is -0.302. The average molecular weight is 369 g/mol. The van der Waals surface area contributed by atoms with Crippen molar-refractivity contribution in [2.24, 2.45) is 0 Å². The third kappa shape index (κ3) is 3.52. The van der Waals surface area contributed by atoms with Crippen LogP contribution in [0.25, 0.3) is 0 Å². The Hall–Kier alpha value is -2.89. The molecule has 1 amide bonds. The number of methoxy groups -OCH3 is 2. The largest absolute Gasteiger partial charge is 0.493 e. The van der Waals surface area contributed by atoms with Crippen molar-refractivity contribution in [2.75, 3.05) is 27.4 Å². The molecule has 0 bridgehead atoms. The fraction of sp³-hybridized carbons (Fsp3) is 0.381. The molecule has 1 fully saturated rings. The standard InChI is InChI=1S/C21H23NO5/c1-24-16-5-3-14(11-18(16)25-2)12-20(23)22-21(7-8-21)15-4-6-17-19(13-15)27-10-9-26-17/h3-6,11,13H,7-10,12H2,1-2H3,(H,22,23). The van der Waals surface area contributed by atoms with Crippen molar-refractivity contribution in [3.63, 3.8) is 0 Å². The van der Waals surface area contributed by atoms with Crippen molar-refractivity contribution >= 4 is 5.91 Å². The van der Waals surface area contributed by atoms with Crippen LogP contribution in [0.15, 0.2) is 36.4 Å². The molecular formula is C21H23NO5. The molecule has 0 spiro atoms. The summed E-state index contributed by atoms with van der Waals surface area (Å²) in [6.45, 7) is 1.12. The van der Waals surface area contributed by atoms with Crippen LogP contribution in [0.4, 0.5) is 0 Å². The molecule has 2 aromatic carbocycles. The lowest BCUT2D eigenvalue weighted by atomic mass is 10.0. The summed E-state index contributed by atoms with van der Waals surface area (Å²) in [5.41, 5.74) is 1.64. The lowest BCUT2D eigenvalue weighted by molar-refractivity contribution is -0.121. The zero-order chi connectivity index (χ0) is 18.9. The summed E-state index contributed by atoms with van der Waals surface area (Å²) in [7, 11) is 3.18. The van der Waals surface area contributed by atoms with Gasteiger partial charge in [-0.25, -0.2) is 0 Å². The second-order valence-corrected chi connectivity index (χ2v) is 6.85. The number of benzene rings is 2. The Morgan fingerprint density at radius 3 is 2.44 bits per heavy atom. The first-order valence-electron chi connectivity index (χ1n) is 9.05. The van der Waals surface area contributed by atoms with Crippen LogP contribution in [0.3, 0.4) is 0 Å². The highest BCUT2D eigenvalue weighted by molar-refractivity contribution is 5.80. The zero-order valence-electron chi connectivity index (χ0n) is 15.5. The normalized spacial score (nSPS) is 16.4. The fourth-order valence-corrected chi connectivity index (χ4v) is 3.44. The van der Waals surface area contributed by atoms with E-state index in [0.29, 0.717) is 24.7 Å². The molecule has 1 heterocycles. The number of ether oxygens (including phenoxy) is 4. The maximum atomic E-state index is 12.6. The van der Waals surface area contributed by atoms with Crippen LogP contribution in [-0.2, 0) is 16.8 Å². The summed E-state index contributed by atoms with van der Waals surface area (Å²) in [5.74, 6) is 2.76. The maximum Gasteiger partial charge on any atom is 0.225 e. The van der Waals surface area contributed by atoms with Crippen molar-refractivity contribution in [1.29, 1.82) is 0 Å². The molecule has 142 valence electrons. The van der Waals surface area contributed by atoms with Gasteiger partial charge >= 0.3 is 0 Å². The van der Waals surface area contributed by atoms with Crippen molar-refractivity contribution in [3.8, 4) is 23.0 Å². The number of hydrogen-bond acceptors (Lipinski definition) is 5. The molecule has 27 heavy (non-hydrogen) atoms. The molecule has 4 rings (SSSR count). The van der Waals surface area contributed by atoms with Gasteiger partial charge in [-0.05, 0) is 48.2 Å². The summed E-state index contributed by atoms with van der Waals surface area (Å²) in [6, 6.07) is 11.4. The molecular weight excluding hydrogens is 346 g/mol. The first-order valence-corrected chi connectivity index (χ1v) is 9.05. The Kier molecular flexibility index (Phi) is 4.56. The highest BCUT2D eigenvalue weighted by Crippen LogP contribution is 2.48. The van der Waals surface area contributed by atoms with E-state index in [-0.39, 0.29) is 17.9 Å². The molecule has 6 heteroatoms. The van der Waals surface area contributed by atoms with E-state index in [9.17, 15) is 4.79 Å². The third-order valence-corrected chi connectivity index (χ3v) is 5.04. The second kappa shape index (κ2) is 7.02. The molecule has 1 saturated carbocycles. The summed E-state index contributed by atoms with van der Waals surface area (Å²) in [6.07, 6.45) is 2.13. The third-order valence-electron chi connectivity index (χ3n) is 5.04.